The maximum Gasteiger partial charge on any atom is 0.138 e. The zero-order valence-electron chi connectivity index (χ0n) is 13.3. The smallest absolute Gasteiger partial charge is 0.138 e. The average molecular weight is 303 g/mol. The highest BCUT2D eigenvalue weighted by Crippen LogP contribution is 2.25. The molecule has 0 aliphatic heterocycles. The van der Waals surface area contributed by atoms with E-state index in [1.54, 1.807) is 12.4 Å². The van der Waals surface area contributed by atoms with Crippen LogP contribution < -0.4 is 0 Å². The molecule has 23 heavy (non-hydrogen) atoms. The first-order valence-electron chi connectivity index (χ1n) is 7.55. The minimum Gasteiger partial charge on any atom is -0.338 e. The summed E-state index contributed by atoms with van der Waals surface area (Å²) in [6.45, 7) is 6.11. The lowest BCUT2D eigenvalue weighted by molar-refractivity contribution is 0.974. The van der Waals surface area contributed by atoms with Gasteiger partial charge in [-0.3, -0.25) is 4.98 Å². The molecule has 0 saturated heterocycles. The number of nitrogens with one attached hydrogen (secondary N) is 1. The first kappa shape index (κ1) is 13.7. The summed E-state index contributed by atoms with van der Waals surface area (Å²) in [4.78, 5) is 16.7. The summed E-state index contributed by atoms with van der Waals surface area (Å²) < 4.78 is 2.11. The number of H-pyrrole nitrogens is 1. The van der Waals surface area contributed by atoms with Crippen LogP contribution in [0.2, 0.25) is 0 Å². The van der Waals surface area contributed by atoms with E-state index in [9.17, 15) is 0 Å². The van der Waals surface area contributed by atoms with E-state index in [0.29, 0.717) is 0 Å². The van der Waals surface area contributed by atoms with Crippen LogP contribution in [0.4, 0.5) is 0 Å². The maximum atomic E-state index is 4.74. The molecule has 0 unspecified atom stereocenters. The third kappa shape index (κ3) is 2.30. The zero-order valence-corrected chi connectivity index (χ0v) is 13.3. The molecule has 0 aliphatic carbocycles. The molecule has 3 aromatic heterocycles. The summed E-state index contributed by atoms with van der Waals surface area (Å²) in [7, 11) is 0. The van der Waals surface area contributed by atoms with Crippen LogP contribution in [-0.4, -0.2) is 24.5 Å². The Labute approximate surface area is 134 Å². The fraction of sp³-hybridized carbons (Fsp3) is 0.167. The van der Waals surface area contributed by atoms with Gasteiger partial charge in [0.05, 0.1) is 16.7 Å². The molecule has 0 amide bonds. The van der Waals surface area contributed by atoms with Crippen molar-refractivity contribution in [1.29, 1.82) is 0 Å². The van der Waals surface area contributed by atoms with Gasteiger partial charge in [-0.05, 0) is 50.6 Å². The van der Waals surface area contributed by atoms with Crippen LogP contribution >= 0.6 is 0 Å². The van der Waals surface area contributed by atoms with E-state index in [1.807, 2.05) is 26.0 Å². The standard InChI is InChI=1S/C18H17N5/c1-11-8-15(23-10-12(2)20-13(23)3)9-16-17(11)22-18(21-16)14-4-6-19-7-5-14/h4-10H,1-3H3,(H,21,22). The molecule has 4 rings (SSSR count). The van der Waals surface area contributed by atoms with Crippen LogP contribution in [0.15, 0.2) is 42.9 Å². The number of imidazole rings is 2. The highest BCUT2D eigenvalue weighted by atomic mass is 15.1. The lowest BCUT2D eigenvalue weighted by Gasteiger charge is -2.06. The lowest BCUT2D eigenvalue weighted by atomic mass is 10.2. The molecule has 5 nitrogen and oxygen atoms in total. The van der Waals surface area contributed by atoms with Crippen LogP contribution in [0.5, 0.6) is 0 Å². The summed E-state index contributed by atoms with van der Waals surface area (Å²) in [6.07, 6.45) is 5.60. The summed E-state index contributed by atoms with van der Waals surface area (Å²) in [6, 6.07) is 8.18. The molecular weight excluding hydrogens is 286 g/mol. The fourth-order valence-electron chi connectivity index (χ4n) is 2.94. The third-order valence-electron chi connectivity index (χ3n) is 4.00. The molecule has 0 bridgehead atoms. The van der Waals surface area contributed by atoms with Gasteiger partial charge in [-0.25, -0.2) is 9.97 Å². The number of fused-ring (bicyclic) bond motifs is 1. The van der Waals surface area contributed by atoms with Crippen molar-refractivity contribution in [2.24, 2.45) is 0 Å². The summed E-state index contributed by atoms with van der Waals surface area (Å²) in [5.74, 6) is 1.84. The highest BCUT2D eigenvalue weighted by molar-refractivity contribution is 5.84. The molecule has 0 aliphatic rings. The first-order valence-corrected chi connectivity index (χ1v) is 7.55. The van der Waals surface area contributed by atoms with Gasteiger partial charge >= 0.3 is 0 Å². The fourth-order valence-corrected chi connectivity index (χ4v) is 2.94. The number of pyridine rings is 1. The molecular formula is C18H17N5. The second-order valence-electron chi connectivity index (χ2n) is 5.78. The van der Waals surface area contributed by atoms with Crippen molar-refractivity contribution in [2.45, 2.75) is 20.8 Å². The largest absolute Gasteiger partial charge is 0.338 e. The van der Waals surface area contributed by atoms with Gasteiger partial charge in [0.25, 0.3) is 0 Å². The van der Waals surface area contributed by atoms with E-state index in [0.717, 1.165) is 45.2 Å². The Hall–Kier alpha value is -2.95. The normalized spacial score (nSPS) is 11.3. The molecule has 3 heterocycles. The summed E-state index contributed by atoms with van der Waals surface area (Å²) in [5, 5.41) is 0. The van der Waals surface area contributed by atoms with Gasteiger partial charge in [0.2, 0.25) is 0 Å². The van der Waals surface area contributed by atoms with E-state index >= 15 is 0 Å². The predicted octanol–water partition coefficient (Wildman–Crippen LogP) is 3.74. The van der Waals surface area contributed by atoms with Gasteiger partial charge < -0.3 is 9.55 Å². The zero-order chi connectivity index (χ0) is 16.0. The van der Waals surface area contributed by atoms with E-state index in [-0.39, 0.29) is 0 Å². The number of hydrogen-bond donors (Lipinski definition) is 1. The van der Waals surface area contributed by atoms with Gasteiger partial charge in [0.1, 0.15) is 11.6 Å². The summed E-state index contributed by atoms with van der Waals surface area (Å²) in [5.41, 5.74) is 6.31. The number of benzene rings is 1. The molecule has 114 valence electrons. The number of rotatable bonds is 2. The van der Waals surface area contributed by atoms with Gasteiger partial charge in [-0.1, -0.05) is 0 Å². The van der Waals surface area contributed by atoms with Crippen molar-refractivity contribution in [3.8, 4) is 17.1 Å². The minimum atomic E-state index is 0.862. The van der Waals surface area contributed by atoms with Crippen LogP contribution in [0.25, 0.3) is 28.1 Å². The second-order valence-corrected chi connectivity index (χ2v) is 5.78. The molecule has 0 spiro atoms. The van der Waals surface area contributed by atoms with E-state index in [4.69, 9.17) is 4.98 Å². The lowest BCUT2D eigenvalue weighted by Crippen LogP contribution is -1.96. The van der Waals surface area contributed by atoms with Gasteiger partial charge in [0, 0.05) is 29.8 Å². The van der Waals surface area contributed by atoms with Gasteiger partial charge in [-0.2, -0.15) is 0 Å². The molecule has 0 fully saturated rings. The SMILES string of the molecule is Cc1cn(-c2cc(C)c3nc(-c4ccncc4)[nH]c3c2)c(C)n1. The Kier molecular flexibility index (Phi) is 3.01. The Balaban J connectivity index is 1.89. The minimum absolute atomic E-state index is 0.862. The molecule has 0 saturated carbocycles. The van der Waals surface area contributed by atoms with Crippen LogP contribution in [0.3, 0.4) is 0 Å². The van der Waals surface area contributed by atoms with Crippen molar-refractivity contribution >= 4 is 11.0 Å². The Morgan fingerprint density at radius 2 is 1.78 bits per heavy atom. The van der Waals surface area contributed by atoms with Crippen LogP contribution in [-0.2, 0) is 0 Å². The summed E-state index contributed by atoms with van der Waals surface area (Å²) >= 11 is 0. The number of aromatic amines is 1. The van der Waals surface area contributed by atoms with E-state index < -0.39 is 0 Å². The molecule has 1 N–H and O–H groups in total. The van der Waals surface area contributed by atoms with Gasteiger partial charge in [0.15, 0.2) is 0 Å². The average Bonchev–Trinajstić information content (AvgIpc) is 3.11. The van der Waals surface area contributed by atoms with Crippen molar-refractivity contribution in [2.75, 3.05) is 0 Å². The number of nitrogens with zero attached hydrogens (tertiary/aromatic N) is 4. The first-order chi connectivity index (χ1) is 11.1. The molecule has 0 atom stereocenters. The number of hydrogen-bond acceptors (Lipinski definition) is 3. The molecule has 4 aromatic rings. The number of aromatic nitrogens is 5. The Bertz CT molecular complexity index is 995. The highest BCUT2D eigenvalue weighted by Gasteiger charge is 2.11. The maximum absolute atomic E-state index is 4.74. The van der Waals surface area contributed by atoms with Gasteiger partial charge in [-0.15, -0.1) is 0 Å². The second kappa shape index (κ2) is 5.05. The Morgan fingerprint density at radius 1 is 1.00 bits per heavy atom. The van der Waals surface area contributed by atoms with Crippen LogP contribution in [0.1, 0.15) is 17.1 Å². The Morgan fingerprint density at radius 3 is 2.48 bits per heavy atom. The molecule has 5 heteroatoms. The quantitative estimate of drug-likeness (QED) is 0.613. The van der Waals surface area contributed by atoms with Crippen molar-refractivity contribution in [1.82, 2.24) is 24.5 Å². The van der Waals surface area contributed by atoms with Crippen molar-refractivity contribution < 1.29 is 0 Å². The van der Waals surface area contributed by atoms with Crippen molar-refractivity contribution in [3.63, 3.8) is 0 Å². The van der Waals surface area contributed by atoms with Crippen molar-refractivity contribution in [3.05, 3.63) is 59.9 Å². The van der Waals surface area contributed by atoms with E-state index in [2.05, 4.69) is 44.8 Å². The topological polar surface area (TPSA) is 59.4 Å². The van der Waals surface area contributed by atoms with E-state index in [1.165, 1.54) is 0 Å². The monoisotopic (exact) mass is 303 g/mol. The third-order valence-corrected chi connectivity index (χ3v) is 4.00. The molecule has 1 aromatic carbocycles. The number of aryl methyl sites for hydroxylation is 3. The molecule has 0 radical (unpaired) electrons. The van der Waals surface area contributed by atoms with Crippen LogP contribution in [0, 0.1) is 20.8 Å². The predicted molar refractivity (Wildman–Crippen MR) is 90.7 cm³/mol.